The highest BCUT2D eigenvalue weighted by Crippen LogP contribution is 2.20. The van der Waals surface area contributed by atoms with Crippen molar-refractivity contribution in [3.05, 3.63) is 12.2 Å². The van der Waals surface area contributed by atoms with Crippen LogP contribution in [0.5, 0.6) is 0 Å². The average molecular weight is 890 g/mol. The molecule has 1 saturated heterocycles. The number of carbonyl (C=O) groups excluding carboxylic acids is 13. The van der Waals surface area contributed by atoms with Gasteiger partial charge in [-0.15, -0.1) is 0 Å². The summed E-state index contributed by atoms with van der Waals surface area (Å²) < 4.78 is 0. The lowest BCUT2D eigenvalue weighted by Gasteiger charge is -2.29. The van der Waals surface area contributed by atoms with E-state index in [1.165, 1.54) is 18.7 Å². The van der Waals surface area contributed by atoms with E-state index in [1.807, 2.05) is 19.2 Å². The fourth-order valence-corrected chi connectivity index (χ4v) is 6.40. The Morgan fingerprint density at radius 2 is 1.32 bits per heavy atom. The van der Waals surface area contributed by atoms with Crippen LogP contribution in [0.25, 0.3) is 0 Å². The van der Waals surface area contributed by atoms with Gasteiger partial charge in [0.15, 0.2) is 0 Å². The Labute approximate surface area is 363 Å². The molecule has 2 heterocycles. The van der Waals surface area contributed by atoms with Gasteiger partial charge in [0.25, 0.3) is 11.8 Å². The Morgan fingerprint density at radius 3 is 1.89 bits per heavy atom. The van der Waals surface area contributed by atoms with Gasteiger partial charge < -0.3 is 47.9 Å². The van der Waals surface area contributed by atoms with Gasteiger partial charge >= 0.3 is 0 Å². The Morgan fingerprint density at radius 1 is 0.730 bits per heavy atom. The summed E-state index contributed by atoms with van der Waals surface area (Å²) in [6, 6.07) is -5.61. The number of amides is 13. The Bertz CT molecular complexity index is 1820. The Balaban J connectivity index is 1.95. The first-order valence-electron chi connectivity index (χ1n) is 20.5. The predicted molar refractivity (Wildman–Crippen MR) is 219 cm³/mol. The third-order valence-electron chi connectivity index (χ3n) is 9.87. The zero-order valence-electron chi connectivity index (χ0n) is 36.3. The number of hydrogen-bond donors (Lipinski definition) is 9. The molecule has 24 nitrogen and oxygen atoms in total. The standard InChI is InChI=1S/C39H59N11O13/c1-7-21(4)34(48-35(59)22(5)44-28(53)16-41-36(60)24(45-23(6)51)10-11-27(40)52)38(62)43-17-29(54)46-25(15-20(2)3)39(63)49-14-8-9-26(49)37(61)42-18-30(55)47-31(56)19-50-32(57)12-13-33(50)58/h12-13,20-22,24-26,34H,7-11,14-19H2,1-6H3,(H2,40,52)(H,41,60)(H,42,61)(H,43,62)(H,44,53)(H,45,51)(H,46,54)(H,48,59)(H,47,55,56)/t21-,22?,24?,25?,26-,34-/m0/s1. The molecule has 2 aliphatic rings. The van der Waals surface area contributed by atoms with Gasteiger partial charge in [-0.05, 0) is 44.4 Å². The van der Waals surface area contributed by atoms with E-state index in [4.69, 9.17) is 5.73 Å². The van der Waals surface area contributed by atoms with Crippen molar-refractivity contribution in [2.75, 3.05) is 32.7 Å². The fourth-order valence-electron chi connectivity index (χ4n) is 6.40. The van der Waals surface area contributed by atoms with Crippen molar-refractivity contribution in [3.63, 3.8) is 0 Å². The lowest BCUT2D eigenvalue weighted by atomic mass is 9.98. The quantitative estimate of drug-likeness (QED) is 0.0412. The van der Waals surface area contributed by atoms with Gasteiger partial charge in [0.1, 0.15) is 36.8 Å². The van der Waals surface area contributed by atoms with E-state index in [1.54, 1.807) is 13.8 Å². The predicted octanol–water partition coefficient (Wildman–Crippen LogP) is -4.77. The minimum Gasteiger partial charge on any atom is -0.370 e. The van der Waals surface area contributed by atoms with Crippen molar-refractivity contribution < 1.29 is 62.3 Å². The van der Waals surface area contributed by atoms with Crippen molar-refractivity contribution >= 4 is 76.8 Å². The van der Waals surface area contributed by atoms with E-state index in [-0.39, 0.29) is 38.1 Å². The summed E-state index contributed by atoms with van der Waals surface area (Å²) in [6.45, 7) is 7.21. The first-order chi connectivity index (χ1) is 29.5. The van der Waals surface area contributed by atoms with Crippen molar-refractivity contribution in [1.29, 1.82) is 0 Å². The molecule has 0 radical (unpaired) electrons. The van der Waals surface area contributed by atoms with Crippen LogP contribution in [0.2, 0.25) is 0 Å². The largest absolute Gasteiger partial charge is 0.370 e. The summed E-state index contributed by atoms with van der Waals surface area (Å²) >= 11 is 0. The zero-order valence-corrected chi connectivity index (χ0v) is 36.3. The maximum absolute atomic E-state index is 13.8. The van der Waals surface area contributed by atoms with E-state index < -0.39 is 139 Å². The molecule has 2 rings (SSSR count). The van der Waals surface area contributed by atoms with Crippen molar-refractivity contribution in [3.8, 4) is 0 Å². The first-order valence-corrected chi connectivity index (χ1v) is 20.5. The summed E-state index contributed by atoms with van der Waals surface area (Å²) in [5.74, 6) is -10.2. The van der Waals surface area contributed by atoms with Crippen LogP contribution in [0.4, 0.5) is 0 Å². The van der Waals surface area contributed by atoms with Crippen LogP contribution in [-0.2, 0) is 62.3 Å². The van der Waals surface area contributed by atoms with Gasteiger partial charge in [0.2, 0.25) is 65.0 Å². The van der Waals surface area contributed by atoms with E-state index in [9.17, 15) is 62.3 Å². The molecule has 0 saturated carbocycles. The molecule has 0 spiro atoms. The highest BCUT2D eigenvalue weighted by Gasteiger charge is 2.38. The second kappa shape index (κ2) is 25.2. The molecular weight excluding hydrogens is 830 g/mol. The van der Waals surface area contributed by atoms with Crippen LogP contribution in [0.3, 0.4) is 0 Å². The van der Waals surface area contributed by atoms with Gasteiger partial charge in [-0.3, -0.25) is 72.5 Å². The minimum atomic E-state index is -1.19. The second-order valence-corrected chi connectivity index (χ2v) is 15.6. The highest BCUT2D eigenvalue weighted by atomic mass is 16.2. The van der Waals surface area contributed by atoms with Gasteiger partial charge in [-0.25, -0.2) is 0 Å². The lowest BCUT2D eigenvalue weighted by molar-refractivity contribution is -0.143. The zero-order chi connectivity index (χ0) is 47.6. The van der Waals surface area contributed by atoms with Crippen molar-refractivity contribution in [1.82, 2.24) is 52.3 Å². The number of nitrogens with one attached hydrogen (secondary N) is 8. The molecule has 0 aromatic rings. The molecule has 1 fully saturated rings. The maximum Gasteiger partial charge on any atom is 0.254 e. The minimum absolute atomic E-state index is 0.105. The van der Waals surface area contributed by atoms with E-state index in [0.29, 0.717) is 17.7 Å². The Kier molecular flexibility index (Phi) is 21.0. The molecule has 0 bridgehead atoms. The SMILES string of the molecule is CC[C@H](C)[C@H](NC(=O)C(C)NC(=O)CNC(=O)C(CCC(N)=O)NC(C)=O)C(=O)NCC(=O)NC(CC(C)C)C(=O)N1CCC[C@H]1C(=O)NCC(=O)NC(=O)CN1C(=O)C=CC1=O. The number of primary amides is 1. The average Bonchev–Trinajstić information content (AvgIpc) is 3.83. The van der Waals surface area contributed by atoms with Crippen LogP contribution in [0, 0.1) is 11.8 Å². The van der Waals surface area contributed by atoms with E-state index >= 15 is 0 Å². The molecule has 0 aromatic heterocycles. The van der Waals surface area contributed by atoms with E-state index in [0.717, 1.165) is 12.2 Å². The number of rotatable bonds is 24. The van der Waals surface area contributed by atoms with Gasteiger partial charge in [-0.1, -0.05) is 34.1 Å². The molecule has 24 heteroatoms. The normalized spacial score (nSPS) is 16.8. The van der Waals surface area contributed by atoms with Crippen LogP contribution in [0.15, 0.2) is 12.2 Å². The molecule has 2 aliphatic heterocycles. The third kappa shape index (κ3) is 17.6. The Hall–Kier alpha value is -6.75. The number of carbonyl (C=O) groups is 13. The molecular formula is C39H59N11O13. The van der Waals surface area contributed by atoms with Crippen molar-refractivity contribution in [2.24, 2.45) is 17.6 Å². The first kappa shape index (κ1) is 52.4. The van der Waals surface area contributed by atoms with Gasteiger partial charge in [0, 0.05) is 32.0 Å². The molecule has 3 unspecified atom stereocenters. The summed E-state index contributed by atoms with van der Waals surface area (Å²) in [5, 5.41) is 19.1. The molecule has 63 heavy (non-hydrogen) atoms. The molecule has 10 N–H and O–H groups in total. The van der Waals surface area contributed by atoms with Crippen LogP contribution < -0.4 is 48.3 Å². The third-order valence-corrected chi connectivity index (χ3v) is 9.87. The van der Waals surface area contributed by atoms with Crippen LogP contribution >= 0.6 is 0 Å². The lowest BCUT2D eigenvalue weighted by Crippen LogP contribution is -2.57. The molecule has 0 aliphatic carbocycles. The van der Waals surface area contributed by atoms with Crippen molar-refractivity contribution in [2.45, 2.75) is 110 Å². The number of hydrogen-bond acceptors (Lipinski definition) is 13. The number of nitrogens with two attached hydrogens (primary N) is 1. The number of imide groups is 2. The summed E-state index contributed by atoms with van der Waals surface area (Å²) in [7, 11) is 0. The number of likely N-dealkylation sites (tertiary alicyclic amines) is 1. The van der Waals surface area contributed by atoms with Gasteiger partial charge in [-0.2, -0.15) is 0 Å². The van der Waals surface area contributed by atoms with Crippen LogP contribution in [-0.4, -0.2) is 150 Å². The van der Waals surface area contributed by atoms with Crippen LogP contribution in [0.1, 0.15) is 80.1 Å². The highest BCUT2D eigenvalue weighted by molar-refractivity contribution is 6.15. The van der Waals surface area contributed by atoms with Gasteiger partial charge in [0.05, 0.1) is 19.6 Å². The number of nitrogens with zero attached hydrogens (tertiary/aromatic N) is 2. The smallest absolute Gasteiger partial charge is 0.254 e. The topological polar surface area (TPSA) is 351 Å². The molecule has 13 amide bonds. The fraction of sp³-hybridized carbons (Fsp3) is 0.615. The van der Waals surface area contributed by atoms with E-state index in [2.05, 4.69) is 37.2 Å². The summed E-state index contributed by atoms with van der Waals surface area (Å²) in [6.07, 6.45) is 2.91. The summed E-state index contributed by atoms with van der Waals surface area (Å²) in [4.78, 5) is 164. The summed E-state index contributed by atoms with van der Waals surface area (Å²) in [5.41, 5.74) is 5.12. The maximum atomic E-state index is 13.8. The molecule has 348 valence electrons. The monoisotopic (exact) mass is 889 g/mol. The molecule has 6 atom stereocenters. The molecule has 0 aromatic carbocycles. The second-order valence-electron chi connectivity index (χ2n) is 15.6.